The van der Waals surface area contributed by atoms with E-state index in [9.17, 15) is 0 Å². The molecule has 2 N–H and O–H groups in total. The molecule has 1 unspecified atom stereocenters. The monoisotopic (exact) mass is 345 g/mol. The lowest BCUT2D eigenvalue weighted by Gasteiger charge is -2.26. The quantitative estimate of drug-likeness (QED) is 0.605. The fourth-order valence-corrected chi connectivity index (χ4v) is 3.13. The first-order valence-corrected chi connectivity index (χ1v) is 8.76. The van der Waals surface area contributed by atoms with Crippen LogP contribution in [0, 0.1) is 6.92 Å². The lowest BCUT2D eigenvalue weighted by atomic mass is 10.2. The van der Waals surface area contributed by atoms with E-state index in [1.165, 1.54) is 12.8 Å². The Bertz CT molecular complexity index is 686. The molecule has 25 heavy (non-hydrogen) atoms. The number of furan rings is 1. The van der Waals surface area contributed by atoms with Gasteiger partial charge in [-0.25, -0.2) is 0 Å². The summed E-state index contributed by atoms with van der Waals surface area (Å²) in [6.07, 6.45) is 4.23. The van der Waals surface area contributed by atoms with Crippen molar-refractivity contribution in [2.45, 2.75) is 32.4 Å². The second kappa shape index (κ2) is 8.15. The maximum atomic E-state index is 5.66. The van der Waals surface area contributed by atoms with Crippen LogP contribution in [0.3, 0.4) is 0 Å². The topological polar surface area (TPSA) is 83.5 Å². The second-order valence-electron chi connectivity index (χ2n) is 6.30. The van der Waals surface area contributed by atoms with Crippen molar-refractivity contribution >= 4 is 5.96 Å². The van der Waals surface area contributed by atoms with Crippen molar-refractivity contribution in [2.75, 3.05) is 26.7 Å². The summed E-state index contributed by atoms with van der Waals surface area (Å²) in [6, 6.07) is 4.21. The molecule has 0 radical (unpaired) electrons. The van der Waals surface area contributed by atoms with Crippen LogP contribution in [0.4, 0.5) is 0 Å². The minimum absolute atomic E-state index is 0.216. The molecule has 2 aromatic rings. The van der Waals surface area contributed by atoms with Gasteiger partial charge in [0, 0.05) is 20.6 Å². The number of aromatic nitrogens is 3. The number of hydrogen-bond acceptors (Lipinski definition) is 5. The highest BCUT2D eigenvalue weighted by Crippen LogP contribution is 2.24. The summed E-state index contributed by atoms with van der Waals surface area (Å²) in [4.78, 5) is 6.77. The average molecular weight is 345 g/mol. The molecule has 0 amide bonds. The highest BCUT2D eigenvalue weighted by atomic mass is 16.3. The van der Waals surface area contributed by atoms with Gasteiger partial charge < -0.3 is 19.6 Å². The van der Waals surface area contributed by atoms with E-state index in [-0.39, 0.29) is 6.04 Å². The van der Waals surface area contributed by atoms with Gasteiger partial charge in [-0.05, 0) is 45.0 Å². The van der Waals surface area contributed by atoms with Crippen molar-refractivity contribution < 1.29 is 4.42 Å². The maximum Gasteiger partial charge on any atom is 0.191 e. The summed E-state index contributed by atoms with van der Waals surface area (Å²) in [5, 5.41) is 14.9. The molecule has 0 aliphatic carbocycles. The van der Waals surface area contributed by atoms with Crippen molar-refractivity contribution in [2.24, 2.45) is 12.0 Å². The summed E-state index contributed by atoms with van der Waals surface area (Å²) in [6.45, 7) is 5.47. The number of likely N-dealkylation sites (tertiary alicyclic amines) is 1. The van der Waals surface area contributed by atoms with Crippen LogP contribution in [0.1, 0.15) is 36.3 Å². The Hall–Kier alpha value is -2.35. The van der Waals surface area contributed by atoms with Crippen molar-refractivity contribution in [3.05, 3.63) is 35.8 Å². The number of rotatable bonds is 6. The van der Waals surface area contributed by atoms with Crippen LogP contribution in [0.5, 0.6) is 0 Å². The van der Waals surface area contributed by atoms with E-state index in [0.29, 0.717) is 6.54 Å². The number of aliphatic imine (C=N–C) groups is 1. The fourth-order valence-electron chi connectivity index (χ4n) is 3.13. The Labute approximate surface area is 148 Å². The summed E-state index contributed by atoms with van der Waals surface area (Å²) in [7, 11) is 3.73. The molecular weight excluding hydrogens is 318 g/mol. The molecule has 0 bridgehead atoms. The highest BCUT2D eigenvalue weighted by Gasteiger charge is 2.25. The number of guanidine groups is 1. The van der Waals surface area contributed by atoms with Crippen molar-refractivity contribution in [3.8, 4) is 0 Å². The van der Waals surface area contributed by atoms with E-state index in [0.717, 1.165) is 43.0 Å². The van der Waals surface area contributed by atoms with E-state index in [1.807, 2.05) is 30.7 Å². The Morgan fingerprint density at radius 1 is 1.32 bits per heavy atom. The van der Waals surface area contributed by atoms with E-state index in [4.69, 9.17) is 4.42 Å². The van der Waals surface area contributed by atoms with Gasteiger partial charge in [0.1, 0.15) is 11.6 Å². The summed E-state index contributed by atoms with van der Waals surface area (Å²) in [5.41, 5.74) is 0. The van der Waals surface area contributed by atoms with Crippen LogP contribution in [0.15, 0.2) is 27.8 Å². The first-order chi connectivity index (χ1) is 12.2. The molecule has 8 nitrogen and oxygen atoms in total. The van der Waals surface area contributed by atoms with Gasteiger partial charge in [-0.3, -0.25) is 9.89 Å². The van der Waals surface area contributed by atoms with Crippen LogP contribution in [0.25, 0.3) is 0 Å². The molecule has 1 saturated heterocycles. The number of hydrogen-bond donors (Lipinski definition) is 2. The van der Waals surface area contributed by atoms with Crippen LogP contribution < -0.4 is 10.6 Å². The van der Waals surface area contributed by atoms with Crippen molar-refractivity contribution in [1.29, 1.82) is 0 Å². The third kappa shape index (κ3) is 4.19. The molecule has 1 fully saturated rings. The molecule has 3 heterocycles. The minimum Gasteiger partial charge on any atom is -0.468 e. The predicted molar refractivity (Wildman–Crippen MR) is 96.2 cm³/mol. The van der Waals surface area contributed by atoms with Gasteiger partial charge in [0.15, 0.2) is 11.8 Å². The molecule has 1 atom stereocenters. The van der Waals surface area contributed by atoms with E-state index >= 15 is 0 Å². The molecular formula is C17H27N7O. The van der Waals surface area contributed by atoms with Gasteiger partial charge in [0.25, 0.3) is 0 Å². The highest BCUT2D eigenvalue weighted by molar-refractivity contribution is 5.79. The van der Waals surface area contributed by atoms with Gasteiger partial charge >= 0.3 is 0 Å². The average Bonchev–Trinajstić information content (AvgIpc) is 3.37. The maximum absolute atomic E-state index is 5.66. The molecule has 2 aromatic heterocycles. The van der Waals surface area contributed by atoms with E-state index < -0.39 is 0 Å². The Kier molecular flexibility index (Phi) is 5.70. The smallest absolute Gasteiger partial charge is 0.191 e. The Balaban J connectivity index is 1.57. The third-order valence-corrected chi connectivity index (χ3v) is 4.74. The van der Waals surface area contributed by atoms with Gasteiger partial charge in [-0.1, -0.05) is 0 Å². The van der Waals surface area contributed by atoms with Gasteiger partial charge in [-0.15, -0.1) is 10.2 Å². The van der Waals surface area contributed by atoms with E-state index in [2.05, 4.69) is 30.7 Å². The van der Waals surface area contributed by atoms with Crippen molar-refractivity contribution in [3.63, 3.8) is 0 Å². The first-order valence-electron chi connectivity index (χ1n) is 8.76. The number of nitrogens with one attached hydrogen (secondary N) is 2. The van der Waals surface area contributed by atoms with Crippen LogP contribution in [-0.4, -0.2) is 52.3 Å². The lowest BCUT2D eigenvalue weighted by Crippen LogP contribution is -2.42. The third-order valence-electron chi connectivity index (χ3n) is 4.74. The summed E-state index contributed by atoms with van der Waals surface area (Å²) < 4.78 is 7.63. The zero-order valence-corrected chi connectivity index (χ0v) is 15.2. The molecule has 8 heteroatoms. The van der Waals surface area contributed by atoms with Crippen LogP contribution in [0.2, 0.25) is 0 Å². The van der Waals surface area contributed by atoms with Gasteiger partial charge in [0.2, 0.25) is 0 Å². The number of nitrogens with zero attached hydrogens (tertiary/aromatic N) is 5. The molecule has 136 valence electrons. The summed E-state index contributed by atoms with van der Waals surface area (Å²) >= 11 is 0. The normalized spacial score (nSPS) is 17.0. The molecule has 0 aromatic carbocycles. The van der Waals surface area contributed by atoms with Gasteiger partial charge in [-0.2, -0.15) is 0 Å². The molecule has 0 spiro atoms. The van der Waals surface area contributed by atoms with Crippen LogP contribution >= 0.6 is 0 Å². The largest absolute Gasteiger partial charge is 0.468 e. The Morgan fingerprint density at radius 3 is 2.72 bits per heavy atom. The first kappa shape index (κ1) is 17.5. The molecule has 1 aliphatic rings. The predicted octanol–water partition coefficient (Wildman–Crippen LogP) is 1.22. The van der Waals surface area contributed by atoms with Gasteiger partial charge in [0.05, 0.1) is 18.8 Å². The zero-order chi connectivity index (χ0) is 17.6. The van der Waals surface area contributed by atoms with E-state index in [1.54, 1.807) is 13.3 Å². The molecule has 1 aliphatic heterocycles. The number of aryl methyl sites for hydroxylation is 1. The Morgan fingerprint density at radius 2 is 2.12 bits per heavy atom. The lowest BCUT2D eigenvalue weighted by molar-refractivity contribution is 0.215. The molecule has 0 saturated carbocycles. The summed E-state index contributed by atoms with van der Waals surface area (Å²) in [5.74, 6) is 3.51. The fraction of sp³-hybridized carbons (Fsp3) is 0.588. The minimum atomic E-state index is 0.216. The second-order valence-corrected chi connectivity index (χ2v) is 6.30. The molecule has 3 rings (SSSR count). The van der Waals surface area contributed by atoms with Crippen LogP contribution in [-0.2, 0) is 13.6 Å². The standard InChI is InChI=1S/C17H27N7O/c1-13-21-22-16(23(13)3)12-20-17(18-2)19-11-14(15-7-6-10-25-15)24-8-4-5-9-24/h6-7,10,14H,4-5,8-9,11-12H2,1-3H3,(H2,18,19,20). The van der Waals surface area contributed by atoms with Crippen molar-refractivity contribution in [1.82, 2.24) is 30.3 Å². The zero-order valence-electron chi connectivity index (χ0n) is 15.2. The SMILES string of the molecule is CN=C(NCc1nnc(C)n1C)NCC(c1ccco1)N1CCCC1.